The summed E-state index contributed by atoms with van der Waals surface area (Å²) in [6, 6.07) is 7.51. The number of H-pyrrole nitrogens is 1. The number of halogens is 1. The summed E-state index contributed by atoms with van der Waals surface area (Å²) in [6.45, 7) is 0.255. The lowest BCUT2D eigenvalue weighted by atomic mass is 10.2. The maximum atomic E-state index is 11.9. The van der Waals surface area contributed by atoms with Crippen LogP contribution >= 0.6 is 15.9 Å². The SMILES string of the molecule is COC(=O)CCNC(=O)c1cc2ccc(Br)cc2[nH]1. The van der Waals surface area contributed by atoms with Crippen LogP contribution in [0.25, 0.3) is 10.9 Å². The number of amides is 1. The van der Waals surface area contributed by atoms with E-state index in [0.29, 0.717) is 5.69 Å². The molecule has 19 heavy (non-hydrogen) atoms. The largest absolute Gasteiger partial charge is 0.469 e. The van der Waals surface area contributed by atoms with E-state index in [1.54, 1.807) is 6.07 Å². The van der Waals surface area contributed by atoms with Crippen LogP contribution in [0.1, 0.15) is 16.9 Å². The zero-order valence-electron chi connectivity index (χ0n) is 10.3. The first-order valence-corrected chi connectivity index (χ1v) is 6.53. The molecule has 2 N–H and O–H groups in total. The van der Waals surface area contributed by atoms with Crippen LogP contribution < -0.4 is 5.32 Å². The lowest BCUT2D eigenvalue weighted by Crippen LogP contribution is -2.26. The van der Waals surface area contributed by atoms with Crippen molar-refractivity contribution in [2.75, 3.05) is 13.7 Å². The van der Waals surface area contributed by atoms with Crippen LogP contribution in [0.3, 0.4) is 0 Å². The van der Waals surface area contributed by atoms with Gasteiger partial charge < -0.3 is 15.0 Å². The Morgan fingerprint density at radius 3 is 2.89 bits per heavy atom. The average molecular weight is 325 g/mol. The molecule has 0 saturated heterocycles. The fourth-order valence-corrected chi connectivity index (χ4v) is 2.06. The predicted octanol–water partition coefficient (Wildman–Crippen LogP) is 2.22. The third-order valence-corrected chi connectivity index (χ3v) is 3.16. The third kappa shape index (κ3) is 3.35. The Labute approximate surface area is 118 Å². The lowest BCUT2D eigenvalue weighted by molar-refractivity contribution is -0.140. The van der Waals surface area contributed by atoms with E-state index in [4.69, 9.17) is 0 Å². The van der Waals surface area contributed by atoms with Gasteiger partial charge in [-0.25, -0.2) is 0 Å². The molecule has 0 saturated carbocycles. The Balaban J connectivity index is 2.03. The maximum absolute atomic E-state index is 11.9. The van der Waals surface area contributed by atoms with E-state index in [9.17, 15) is 9.59 Å². The molecule has 0 aliphatic carbocycles. The van der Waals surface area contributed by atoms with Gasteiger partial charge >= 0.3 is 5.97 Å². The van der Waals surface area contributed by atoms with E-state index in [1.165, 1.54) is 7.11 Å². The second-order valence-corrected chi connectivity index (χ2v) is 4.91. The summed E-state index contributed by atoms with van der Waals surface area (Å²) in [5.74, 6) is -0.586. The molecule has 2 aromatic rings. The number of nitrogens with one attached hydrogen (secondary N) is 2. The Morgan fingerprint density at radius 1 is 1.37 bits per heavy atom. The minimum Gasteiger partial charge on any atom is -0.469 e. The molecule has 6 heteroatoms. The van der Waals surface area contributed by atoms with E-state index in [-0.39, 0.29) is 24.8 Å². The first-order valence-electron chi connectivity index (χ1n) is 5.73. The summed E-state index contributed by atoms with van der Waals surface area (Å²) in [7, 11) is 1.32. The lowest BCUT2D eigenvalue weighted by Gasteiger charge is -2.02. The van der Waals surface area contributed by atoms with Gasteiger partial charge in [-0.1, -0.05) is 22.0 Å². The number of hydrogen-bond acceptors (Lipinski definition) is 3. The van der Waals surface area contributed by atoms with E-state index < -0.39 is 0 Å². The number of esters is 1. The van der Waals surface area contributed by atoms with Crippen molar-refractivity contribution in [3.8, 4) is 0 Å². The molecule has 0 bridgehead atoms. The van der Waals surface area contributed by atoms with E-state index in [0.717, 1.165) is 15.4 Å². The molecule has 0 aliphatic heterocycles. The first kappa shape index (κ1) is 13.6. The number of rotatable bonds is 4. The molecule has 1 heterocycles. The van der Waals surface area contributed by atoms with Gasteiger partial charge in [0.25, 0.3) is 5.91 Å². The molecular weight excluding hydrogens is 312 g/mol. The molecule has 0 aliphatic rings. The summed E-state index contributed by atoms with van der Waals surface area (Å²) in [5, 5.41) is 3.62. The third-order valence-electron chi connectivity index (χ3n) is 2.67. The van der Waals surface area contributed by atoms with Gasteiger partial charge in [0.05, 0.1) is 13.5 Å². The van der Waals surface area contributed by atoms with Gasteiger partial charge in [0, 0.05) is 21.9 Å². The Morgan fingerprint density at radius 2 is 2.16 bits per heavy atom. The Kier molecular flexibility index (Phi) is 4.21. The van der Waals surface area contributed by atoms with Crippen molar-refractivity contribution in [1.29, 1.82) is 0 Å². The molecule has 5 nitrogen and oxygen atoms in total. The number of carbonyl (C=O) groups is 2. The van der Waals surface area contributed by atoms with Crippen molar-refractivity contribution in [2.45, 2.75) is 6.42 Å². The highest BCUT2D eigenvalue weighted by Gasteiger charge is 2.10. The zero-order valence-corrected chi connectivity index (χ0v) is 11.9. The van der Waals surface area contributed by atoms with E-state index in [2.05, 4.69) is 31.0 Å². The van der Waals surface area contributed by atoms with Crippen molar-refractivity contribution in [1.82, 2.24) is 10.3 Å². The molecule has 0 radical (unpaired) electrons. The van der Waals surface area contributed by atoms with Crippen LogP contribution in [-0.2, 0) is 9.53 Å². The standard InChI is InChI=1S/C13H13BrN2O3/c1-19-12(17)4-5-15-13(18)11-6-8-2-3-9(14)7-10(8)16-11/h2-3,6-7,16H,4-5H2,1H3,(H,15,18). The summed E-state index contributed by atoms with van der Waals surface area (Å²) >= 11 is 3.37. The van der Waals surface area contributed by atoms with Gasteiger partial charge in [0.1, 0.15) is 5.69 Å². The maximum Gasteiger partial charge on any atom is 0.307 e. The minimum absolute atomic E-state index is 0.161. The Hall–Kier alpha value is -1.82. The van der Waals surface area contributed by atoms with Crippen molar-refractivity contribution >= 4 is 38.7 Å². The second kappa shape index (κ2) is 5.88. The number of carbonyl (C=O) groups excluding carboxylic acids is 2. The molecule has 1 aromatic heterocycles. The minimum atomic E-state index is -0.346. The van der Waals surface area contributed by atoms with Crippen LogP contribution in [0, 0.1) is 0 Å². The number of benzene rings is 1. The number of ether oxygens (including phenoxy) is 1. The first-order chi connectivity index (χ1) is 9.10. The average Bonchev–Trinajstić information content (AvgIpc) is 2.81. The Bertz CT molecular complexity index is 621. The molecular formula is C13H13BrN2O3. The van der Waals surface area contributed by atoms with Crippen LogP contribution in [0.2, 0.25) is 0 Å². The molecule has 1 aromatic carbocycles. The number of methoxy groups -OCH3 is 1. The van der Waals surface area contributed by atoms with Crippen molar-refractivity contribution < 1.29 is 14.3 Å². The molecule has 0 fully saturated rings. The van der Waals surface area contributed by atoms with Crippen molar-refractivity contribution in [3.05, 3.63) is 34.4 Å². The number of hydrogen-bond donors (Lipinski definition) is 2. The second-order valence-electron chi connectivity index (χ2n) is 4.00. The van der Waals surface area contributed by atoms with Crippen molar-refractivity contribution in [3.63, 3.8) is 0 Å². The van der Waals surface area contributed by atoms with E-state index >= 15 is 0 Å². The normalized spacial score (nSPS) is 10.4. The molecule has 0 spiro atoms. The molecule has 0 unspecified atom stereocenters. The fraction of sp³-hybridized carbons (Fsp3) is 0.231. The quantitative estimate of drug-likeness (QED) is 0.847. The van der Waals surface area contributed by atoms with Crippen LogP contribution in [0.4, 0.5) is 0 Å². The van der Waals surface area contributed by atoms with Gasteiger partial charge in [-0.2, -0.15) is 0 Å². The summed E-state index contributed by atoms with van der Waals surface area (Å²) < 4.78 is 5.44. The van der Waals surface area contributed by atoms with Crippen LogP contribution in [0.5, 0.6) is 0 Å². The van der Waals surface area contributed by atoms with Gasteiger partial charge in [-0.15, -0.1) is 0 Å². The highest BCUT2D eigenvalue weighted by Crippen LogP contribution is 2.20. The smallest absolute Gasteiger partial charge is 0.307 e. The molecule has 2 rings (SSSR count). The fourth-order valence-electron chi connectivity index (χ4n) is 1.70. The zero-order chi connectivity index (χ0) is 13.8. The monoisotopic (exact) mass is 324 g/mol. The van der Waals surface area contributed by atoms with Gasteiger partial charge in [0.15, 0.2) is 0 Å². The number of fused-ring (bicyclic) bond motifs is 1. The van der Waals surface area contributed by atoms with Crippen LogP contribution in [0.15, 0.2) is 28.7 Å². The topological polar surface area (TPSA) is 71.2 Å². The summed E-state index contributed by atoms with van der Waals surface area (Å²) in [4.78, 5) is 25.8. The van der Waals surface area contributed by atoms with Crippen LogP contribution in [-0.4, -0.2) is 30.5 Å². The summed E-state index contributed by atoms with van der Waals surface area (Å²) in [6.07, 6.45) is 0.161. The highest BCUT2D eigenvalue weighted by atomic mass is 79.9. The molecule has 0 atom stereocenters. The number of aromatic nitrogens is 1. The number of aromatic amines is 1. The van der Waals surface area contributed by atoms with Crippen molar-refractivity contribution in [2.24, 2.45) is 0 Å². The predicted molar refractivity (Wildman–Crippen MR) is 75.0 cm³/mol. The van der Waals surface area contributed by atoms with Gasteiger partial charge in [0.2, 0.25) is 0 Å². The summed E-state index contributed by atoms with van der Waals surface area (Å²) in [5.41, 5.74) is 1.35. The van der Waals surface area contributed by atoms with E-state index in [1.807, 2.05) is 18.2 Å². The molecule has 100 valence electrons. The van der Waals surface area contributed by atoms with Gasteiger partial charge in [-0.05, 0) is 18.2 Å². The highest BCUT2D eigenvalue weighted by molar-refractivity contribution is 9.10. The molecule has 1 amide bonds. The van der Waals surface area contributed by atoms with Gasteiger partial charge in [-0.3, -0.25) is 9.59 Å².